The van der Waals surface area contributed by atoms with Crippen LogP contribution in [0.25, 0.3) is 6.08 Å². The molecular weight excluding hydrogens is 250 g/mol. The zero-order valence-corrected chi connectivity index (χ0v) is 12.3. The van der Waals surface area contributed by atoms with Gasteiger partial charge in [0.2, 0.25) is 0 Å². The molecule has 1 saturated heterocycles. The van der Waals surface area contributed by atoms with E-state index >= 15 is 0 Å². The largest absolute Gasteiger partial charge is 0.478 e. The van der Waals surface area contributed by atoms with E-state index in [4.69, 9.17) is 5.11 Å². The van der Waals surface area contributed by atoms with Gasteiger partial charge in [-0.2, -0.15) is 0 Å². The molecule has 0 spiro atoms. The number of carboxylic acid groups (broad SMARTS) is 1. The number of aliphatic carboxylic acids is 1. The molecule has 2 rings (SSSR count). The van der Waals surface area contributed by atoms with Crippen LogP contribution >= 0.6 is 0 Å². The fourth-order valence-electron chi connectivity index (χ4n) is 2.74. The van der Waals surface area contributed by atoms with Gasteiger partial charge in [0.25, 0.3) is 0 Å². The van der Waals surface area contributed by atoms with Crippen molar-refractivity contribution in [3.05, 3.63) is 35.9 Å². The number of para-hydroxylation sites is 1. The zero-order valence-electron chi connectivity index (χ0n) is 12.3. The van der Waals surface area contributed by atoms with Gasteiger partial charge in [-0.05, 0) is 42.4 Å². The smallest absolute Gasteiger partial charge is 0.328 e. The third-order valence-corrected chi connectivity index (χ3v) is 4.02. The SMILES string of the molecule is CC1(C)CCCN(c2ccccc2C=CC(=O)O)CC1. The van der Waals surface area contributed by atoms with Crippen LogP contribution in [-0.2, 0) is 4.79 Å². The quantitative estimate of drug-likeness (QED) is 0.852. The van der Waals surface area contributed by atoms with E-state index in [0.717, 1.165) is 24.3 Å². The van der Waals surface area contributed by atoms with Gasteiger partial charge in [0.15, 0.2) is 0 Å². The van der Waals surface area contributed by atoms with Crippen molar-refractivity contribution in [3.63, 3.8) is 0 Å². The van der Waals surface area contributed by atoms with Crippen molar-refractivity contribution in [3.8, 4) is 0 Å². The van der Waals surface area contributed by atoms with Crippen LogP contribution < -0.4 is 4.90 Å². The molecule has 0 amide bonds. The van der Waals surface area contributed by atoms with E-state index in [9.17, 15) is 4.79 Å². The lowest BCUT2D eigenvalue weighted by Crippen LogP contribution is -2.25. The normalized spacial score (nSPS) is 19.0. The number of anilines is 1. The summed E-state index contributed by atoms with van der Waals surface area (Å²) in [6.45, 7) is 6.73. The van der Waals surface area contributed by atoms with Crippen LogP contribution in [0, 0.1) is 5.41 Å². The zero-order chi connectivity index (χ0) is 14.6. The standard InChI is InChI=1S/C17H23NO2/c1-17(2)10-5-12-18(13-11-17)15-7-4-3-6-14(15)8-9-16(19)20/h3-4,6-9H,5,10-13H2,1-2H3,(H,19,20). The van der Waals surface area contributed by atoms with Crippen molar-refractivity contribution in [1.82, 2.24) is 0 Å². The fraction of sp³-hybridized carbons (Fsp3) is 0.471. The Bertz CT molecular complexity index is 505. The number of carbonyl (C=O) groups is 1. The molecular formula is C17H23NO2. The van der Waals surface area contributed by atoms with Gasteiger partial charge in [0.1, 0.15) is 0 Å². The third kappa shape index (κ3) is 3.86. The van der Waals surface area contributed by atoms with Crippen LogP contribution in [0.1, 0.15) is 38.7 Å². The van der Waals surface area contributed by atoms with Crippen molar-refractivity contribution >= 4 is 17.7 Å². The summed E-state index contributed by atoms with van der Waals surface area (Å²) in [6.07, 6.45) is 6.50. The summed E-state index contributed by atoms with van der Waals surface area (Å²) in [6, 6.07) is 8.03. The van der Waals surface area contributed by atoms with Crippen LogP contribution in [0.15, 0.2) is 30.3 Å². The number of hydrogen-bond donors (Lipinski definition) is 1. The van der Waals surface area contributed by atoms with Gasteiger partial charge in [-0.25, -0.2) is 4.79 Å². The van der Waals surface area contributed by atoms with Gasteiger partial charge in [-0.3, -0.25) is 0 Å². The summed E-state index contributed by atoms with van der Waals surface area (Å²) < 4.78 is 0. The first-order valence-corrected chi connectivity index (χ1v) is 7.23. The molecule has 3 heteroatoms. The van der Waals surface area contributed by atoms with E-state index in [1.54, 1.807) is 6.08 Å². The number of rotatable bonds is 3. The molecule has 1 N–H and O–H groups in total. The highest BCUT2D eigenvalue weighted by molar-refractivity contribution is 5.87. The van der Waals surface area contributed by atoms with Gasteiger partial charge < -0.3 is 10.0 Å². The minimum atomic E-state index is -0.906. The molecule has 1 fully saturated rings. The average molecular weight is 273 g/mol. The van der Waals surface area contributed by atoms with Crippen molar-refractivity contribution in [2.24, 2.45) is 5.41 Å². The lowest BCUT2D eigenvalue weighted by Gasteiger charge is -2.26. The van der Waals surface area contributed by atoms with E-state index in [0.29, 0.717) is 5.41 Å². The summed E-state index contributed by atoms with van der Waals surface area (Å²) in [5.74, 6) is -0.906. The minimum absolute atomic E-state index is 0.403. The predicted molar refractivity (Wildman–Crippen MR) is 83.0 cm³/mol. The second kappa shape index (κ2) is 6.12. The molecule has 108 valence electrons. The molecule has 0 aliphatic carbocycles. The molecule has 0 unspecified atom stereocenters. The molecule has 3 nitrogen and oxygen atoms in total. The van der Waals surface area contributed by atoms with Crippen LogP contribution in [0.4, 0.5) is 5.69 Å². The molecule has 0 radical (unpaired) electrons. The Kier molecular flexibility index (Phi) is 4.48. The molecule has 0 atom stereocenters. The van der Waals surface area contributed by atoms with Gasteiger partial charge in [-0.15, -0.1) is 0 Å². The first kappa shape index (κ1) is 14.6. The molecule has 0 saturated carbocycles. The van der Waals surface area contributed by atoms with Crippen LogP contribution in [0.3, 0.4) is 0 Å². The summed E-state index contributed by atoms with van der Waals surface area (Å²) in [4.78, 5) is 13.1. The maximum atomic E-state index is 10.7. The highest BCUT2D eigenvalue weighted by Crippen LogP contribution is 2.32. The fourth-order valence-corrected chi connectivity index (χ4v) is 2.74. The Morgan fingerprint density at radius 3 is 2.75 bits per heavy atom. The van der Waals surface area contributed by atoms with E-state index in [2.05, 4.69) is 24.8 Å². The summed E-state index contributed by atoms with van der Waals surface area (Å²) in [5.41, 5.74) is 2.53. The Morgan fingerprint density at radius 2 is 2.00 bits per heavy atom. The molecule has 1 aliphatic rings. The van der Waals surface area contributed by atoms with Gasteiger partial charge >= 0.3 is 5.97 Å². The first-order valence-electron chi connectivity index (χ1n) is 7.23. The Balaban J connectivity index is 2.21. The lowest BCUT2D eigenvalue weighted by molar-refractivity contribution is -0.131. The van der Waals surface area contributed by atoms with Crippen LogP contribution in [0.2, 0.25) is 0 Å². The molecule has 0 bridgehead atoms. The van der Waals surface area contributed by atoms with E-state index in [1.165, 1.54) is 25.3 Å². The monoisotopic (exact) mass is 273 g/mol. The Morgan fingerprint density at radius 1 is 1.25 bits per heavy atom. The van der Waals surface area contributed by atoms with Crippen molar-refractivity contribution in [1.29, 1.82) is 0 Å². The molecule has 1 aromatic rings. The van der Waals surface area contributed by atoms with Gasteiger partial charge in [0, 0.05) is 24.9 Å². The highest BCUT2D eigenvalue weighted by atomic mass is 16.4. The Hall–Kier alpha value is -1.77. The van der Waals surface area contributed by atoms with E-state index < -0.39 is 5.97 Å². The second-order valence-corrected chi connectivity index (χ2v) is 6.24. The summed E-state index contributed by atoms with van der Waals surface area (Å²) in [5, 5.41) is 8.79. The molecule has 20 heavy (non-hydrogen) atoms. The second-order valence-electron chi connectivity index (χ2n) is 6.24. The van der Waals surface area contributed by atoms with Crippen molar-refractivity contribution in [2.45, 2.75) is 33.1 Å². The molecule has 0 aromatic heterocycles. The average Bonchev–Trinajstić information content (AvgIpc) is 2.58. The lowest BCUT2D eigenvalue weighted by atomic mass is 9.85. The third-order valence-electron chi connectivity index (χ3n) is 4.02. The van der Waals surface area contributed by atoms with Gasteiger partial charge in [0.05, 0.1) is 0 Å². The molecule has 1 aliphatic heterocycles. The highest BCUT2D eigenvalue weighted by Gasteiger charge is 2.23. The first-order chi connectivity index (χ1) is 9.48. The van der Waals surface area contributed by atoms with Crippen LogP contribution in [0.5, 0.6) is 0 Å². The molecule has 1 heterocycles. The maximum Gasteiger partial charge on any atom is 0.328 e. The van der Waals surface area contributed by atoms with Crippen molar-refractivity contribution < 1.29 is 9.90 Å². The maximum absolute atomic E-state index is 10.7. The number of nitrogens with zero attached hydrogens (tertiary/aromatic N) is 1. The van der Waals surface area contributed by atoms with E-state index in [-0.39, 0.29) is 0 Å². The summed E-state index contributed by atoms with van der Waals surface area (Å²) >= 11 is 0. The number of carboxylic acids is 1. The Labute approximate surface area is 120 Å². The topological polar surface area (TPSA) is 40.5 Å². The van der Waals surface area contributed by atoms with Crippen molar-refractivity contribution in [2.75, 3.05) is 18.0 Å². The number of hydrogen-bond acceptors (Lipinski definition) is 2. The number of benzene rings is 1. The van der Waals surface area contributed by atoms with Crippen LogP contribution in [-0.4, -0.2) is 24.2 Å². The predicted octanol–water partition coefficient (Wildman–Crippen LogP) is 3.80. The van der Waals surface area contributed by atoms with E-state index in [1.807, 2.05) is 18.2 Å². The molecule has 1 aromatic carbocycles. The van der Waals surface area contributed by atoms with Gasteiger partial charge in [-0.1, -0.05) is 32.0 Å². The summed E-state index contributed by atoms with van der Waals surface area (Å²) in [7, 11) is 0. The minimum Gasteiger partial charge on any atom is -0.478 e.